The maximum absolute atomic E-state index is 8.54. The number of rotatable bonds is 19. The standard InChI is InChI=1S/C20H41O3P/c1-2-3-4-5-6-7-8-9-10-11-12-13-14-15-16-17-18-19-20-23-24(21)22/h19-22H,2-18H2,1H3/b20-19+. The van der Waals surface area contributed by atoms with Crippen molar-refractivity contribution >= 4 is 8.60 Å². The summed E-state index contributed by atoms with van der Waals surface area (Å²) in [5, 5.41) is 0. The highest BCUT2D eigenvalue weighted by atomic mass is 31.2. The van der Waals surface area contributed by atoms with E-state index in [1.807, 2.05) is 6.08 Å². The maximum atomic E-state index is 8.54. The molecule has 0 atom stereocenters. The summed E-state index contributed by atoms with van der Waals surface area (Å²) in [6.07, 6.45) is 26.4. The van der Waals surface area contributed by atoms with Crippen LogP contribution in [0.25, 0.3) is 0 Å². The molecule has 3 nitrogen and oxygen atoms in total. The number of hydrogen-bond donors (Lipinski definition) is 2. The summed E-state index contributed by atoms with van der Waals surface area (Å²) < 4.78 is 4.57. The maximum Gasteiger partial charge on any atom is 0.390 e. The van der Waals surface area contributed by atoms with Gasteiger partial charge in [-0.3, -0.25) is 0 Å². The van der Waals surface area contributed by atoms with E-state index in [9.17, 15) is 0 Å². The van der Waals surface area contributed by atoms with Crippen LogP contribution in [0, 0.1) is 0 Å². The highest BCUT2D eigenvalue weighted by Crippen LogP contribution is 2.24. The lowest BCUT2D eigenvalue weighted by atomic mass is 10.0. The fraction of sp³-hybridized carbons (Fsp3) is 0.900. The summed E-state index contributed by atoms with van der Waals surface area (Å²) in [7, 11) is -2.23. The molecular weight excluding hydrogens is 319 g/mol. The normalized spacial score (nSPS) is 11.7. The Morgan fingerprint density at radius 1 is 0.625 bits per heavy atom. The lowest BCUT2D eigenvalue weighted by molar-refractivity contribution is 0.341. The van der Waals surface area contributed by atoms with E-state index in [0.29, 0.717) is 0 Å². The Hall–Kier alpha value is -0.110. The first kappa shape index (κ1) is 23.9. The van der Waals surface area contributed by atoms with Gasteiger partial charge in [-0.2, -0.15) is 0 Å². The summed E-state index contributed by atoms with van der Waals surface area (Å²) in [5.74, 6) is 0. The zero-order valence-corrected chi connectivity index (χ0v) is 16.8. The Morgan fingerprint density at radius 3 is 1.38 bits per heavy atom. The lowest BCUT2D eigenvalue weighted by Crippen LogP contribution is -1.83. The van der Waals surface area contributed by atoms with Crippen molar-refractivity contribution in [3.05, 3.63) is 12.3 Å². The fourth-order valence-corrected chi connectivity index (χ4v) is 3.17. The van der Waals surface area contributed by atoms with Crippen molar-refractivity contribution in [1.29, 1.82) is 0 Å². The fourth-order valence-electron chi connectivity index (χ4n) is 2.98. The van der Waals surface area contributed by atoms with Crippen LogP contribution in [-0.2, 0) is 4.52 Å². The van der Waals surface area contributed by atoms with Gasteiger partial charge in [0.05, 0.1) is 6.26 Å². The van der Waals surface area contributed by atoms with Crippen LogP contribution < -0.4 is 0 Å². The van der Waals surface area contributed by atoms with Crippen LogP contribution in [-0.4, -0.2) is 9.79 Å². The van der Waals surface area contributed by atoms with Crippen LogP contribution >= 0.6 is 8.60 Å². The van der Waals surface area contributed by atoms with Crippen molar-refractivity contribution in [3.8, 4) is 0 Å². The van der Waals surface area contributed by atoms with E-state index in [2.05, 4.69) is 11.4 Å². The summed E-state index contributed by atoms with van der Waals surface area (Å²) in [6.45, 7) is 2.28. The van der Waals surface area contributed by atoms with Gasteiger partial charge in [0.15, 0.2) is 0 Å². The minimum Gasteiger partial charge on any atom is -0.435 e. The van der Waals surface area contributed by atoms with Gasteiger partial charge in [-0.15, -0.1) is 0 Å². The SMILES string of the molecule is CCCCCCCCCCCCCCCCCC/C=C/OP(O)O. The summed E-state index contributed by atoms with van der Waals surface area (Å²) in [5.41, 5.74) is 0. The Labute approximate surface area is 151 Å². The van der Waals surface area contributed by atoms with Gasteiger partial charge >= 0.3 is 8.60 Å². The van der Waals surface area contributed by atoms with Crippen LogP contribution in [0.1, 0.15) is 116 Å². The molecule has 0 aliphatic rings. The van der Waals surface area contributed by atoms with Gasteiger partial charge in [-0.25, -0.2) is 0 Å². The van der Waals surface area contributed by atoms with E-state index in [1.165, 1.54) is 103 Å². The smallest absolute Gasteiger partial charge is 0.390 e. The molecule has 0 fully saturated rings. The molecule has 4 heteroatoms. The molecule has 0 aromatic heterocycles. The molecule has 0 bridgehead atoms. The lowest BCUT2D eigenvalue weighted by Gasteiger charge is -2.03. The van der Waals surface area contributed by atoms with E-state index in [0.717, 1.165) is 12.8 Å². The first-order valence-electron chi connectivity index (χ1n) is 10.3. The van der Waals surface area contributed by atoms with Gasteiger partial charge in [0.25, 0.3) is 0 Å². The van der Waals surface area contributed by atoms with Crippen molar-refractivity contribution < 1.29 is 14.3 Å². The van der Waals surface area contributed by atoms with Crippen LogP contribution in [0.2, 0.25) is 0 Å². The van der Waals surface area contributed by atoms with Gasteiger partial charge in [0.1, 0.15) is 0 Å². The van der Waals surface area contributed by atoms with Gasteiger partial charge in [0, 0.05) is 0 Å². The molecule has 144 valence electrons. The molecule has 0 aromatic carbocycles. The van der Waals surface area contributed by atoms with Crippen LogP contribution in [0.15, 0.2) is 12.3 Å². The molecule has 24 heavy (non-hydrogen) atoms. The Kier molecular flexibility index (Phi) is 20.8. The predicted molar refractivity (Wildman–Crippen MR) is 106 cm³/mol. The number of unbranched alkanes of at least 4 members (excludes halogenated alkanes) is 16. The van der Waals surface area contributed by atoms with Crippen LogP contribution in [0.5, 0.6) is 0 Å². The van der Waals surface area contributed by atoms with Crippen LogP contribution in [0.4, 0.5) is 0 Å². The second-order valence-corrected chi connectivity index (χ2v) is 7.54. The monoisotopic (exact) mass is 360 g/mol. The minimum absolute atomic E-state index is 0.960. The molecule has 0 amide bonds. The minimum atomic E-state index is -2.23. The van der Waals surface area contributed by atoms with Crippen molar-refractivity contribution in [2.24, 2.45) is 0 Å². The van der Waals surface area contributed by atoms with Gasteiger partial charge in [0.2, 0.25) is 0 Å². The third kappa shape index (κ3) is 21.9. The molecular formula is C20H41O3P. The van der Waals surface area contributed by atoms with E-state index in [-0.39, 0.29) is 0 Å². The largest absolute Gasteiger partial charge is 0.435 e. The molecule has 0 saturated carbocycles. The number of allylic oxidation sites excluding steroid dienone is 1. The first-order chi connectivity index (χ1) is 11.8. The van der Waals surface area contributed by atoms with Gasteiger partial charge < -0.3 is 14.3 Å². The van der Waals surface area contributed by atoms with E-state index < -0.39 is 8.60 Å². The van der Waals surface area contributed by atoms with E-state index in [4.69, 9.17) is 9.79 Å². The Balaban J connectivity index is 3.01. The predicted octanol–water partition coefficient (Wildman–Crippen LogP) is 7.38. The topological polar surface area (TPSA) is 49.7 Å². The zero-order chi connectivity index (χ0) is 17.7. The number of hydrogen-bond acceptors (Lipinski definition) is 3. The Morgan fingerprint density at radius 2 is 1.00 bits per heavy atom. The zero-order valence-electron chi connectivity index (χ0n) is 15.9. The molecule has 0 rings (SSSR count). The molecule has 0 radical (unpaired) electrons. The van der Waals surface area contributed by atoms with Crippen molar-refractivity contribution in [2.45, 2.75) is 116 Å². The summed E-state index contributed by atoms with van der Waals surface area (Å²) >= 11 is 0. The molecule has 0 unspecified atom stereocenters. The second kappa shape index (κ2) is 20.9. The highest BCUT2D eigenvalue weighted by Gasteiger charge is 1.95. The molecule has 0 aliphatic carbocycles. The third-order valence-electron chi connectivity index (χ3n) is 4.48. The average Bonchev–Trinajstić information content (AvgIpc) is 2.56. The quantitative estimate of drug-likeness (QED) is 0.143. The molecule has 0 saturated heterocycles. The van der Waals surface area contributed by atoms with Crippen molar-refractivity contribution in [1.82, 2.24) is 0 Å². The molecule has 0 spiro atoms. The Bertz CT molecular complexity index is 257. The summed E-state index contributed by atoms with van der Waals surface area (Å²) in [4.78, 5) is 17.1. The molecule has 0 aromatic rings. The van der Waals surface area contributed by atoms with Crippen LogP contribution in [0.3, 0.4) is 0 Å². The molecule has 0 aliphatic heterocycles. The first-order valence-corrected chi connectivity index (χ1v) is 11.4. The van der Waals surface area contributed by atoms with E-state index >= 15 is 0 Å². The second-order valence-electron chi connectivity index (χ2n) is 6.82. The molecule has 0 heterocycles. The highest BCUT2D eigenvalue weighted by molar-refractivity contribution is 7.39. The van der Waals surface area contributed by atoms with Gasteiger partial charge in [-0.1, -0.05) is 103 Å². The average molecular weight is 361 g/mol. The van der Waals surface area contributed by atoms with Gasteiger partial charge in [-0.05, 0) is 18.9 Å². The molecule has 2 N–H and O–H groups in total. The van der Waals surface area contributed by atoms with Crippen molar-refractivity contribution in [2.75, 3.05) is 0 Å². The van der Waals surface area contributed by atoms with E-state index in [1.54, 1.807) is 0 Å². The van der Waals surface area contributed by atoms with Crippen molar-refractivity contribution in [3.63, 3.8) is 0 Å². The third-order valence-corrected chi connectivity index (χ3v) is 4.79. The summed E-state index contributed by atoms with van der Waals surface area (Å²) in [6, 6.07) is 0.